The van der Waals surface area contributed by atoms with E-state index < -0.39 is 8.96 Å². The lowest BCUT2D eigenvalue weighted by Crippen LogP contribution is -2.56. The highest BCUT2D eigenvalue weighted by Gasteiger charge is 2.30. The summed E-state index contributed by atoms with van der Waals surface area (Å²) >= 11 is 0. The number of hydrogen-bond donors (Lipinski definition) is 1. The zero-order valence-electron chi connectivity index (χ0n) is 12.4. The molecule has 0 fully saturated rings. The lowest BCUT2D eigenvalue weighted by Gasteiger charge is -2.44. The normalized spacial score (nSPS) is 14.2. The van der Waals surface area contributed by atoms with Gasteiger partial charge in [0.05, 0.1) is 6.61 Å². The summed E-state index contributed by atoms with van der Waals surface area (Å²) in [5.74, 6) is 0. The largest absolute Gasteiger partial charge is 0.395 e. The Bertz CT molecular complexity index is 345. The Morgan fingerprint density at radius 1 is 1.17 bits per heavy atom. The van der Waals surface area contributed by atoms with Crippen LogP contribution in [0.15, 0.2) is 30.3 Å². The molecule has 0 bridgehead atoms. The van der Waals surface area contributed by atoms with E-state index in [1.807, 2.05) is 6.07 Å². The highest BCUT2D eigenvalue weighted by atomic mass is 28.3. The average molecular weight is 265 g/mol. The van der Waals surface area contributed by atoms with Crippen LogP contribution >= 0.6 is 0 Å². The molecule has 0 amide bonds. The number of nitrogens with zero attached hydrogens (tertiary/aromatic N) is 1. The van der Waals surface area contributed by atoms with E-state index in [1.54, 1.807) is 0 Å². The first kappa shape index (κ1) is 15.4. The Morgan fingerprint density at radius 2 is 1.72 bits per heavy atom. The van der Waals surface area contributed by atoms with Gasteiger partial charge in [-0.2, -0.15) is 0 Å². The zero-order chi connectivity index (χ0) is 13.8. The summed E-state index contributed by atoms with van der Waals surface area (Å²) in [5, 5.41) is 9.75. The molecule has 1 aromatic rings. The van der Waals surface area contributed by atoms with Crippen molar-refractivity contribution in [3.63, 3.8) is 0 Å². The van der Waals surface area contributed by atoms with Crippen molar-refractivity contribution in [2.75, 3.05) is 6.61 Å². The molecule has 1 atom stereocenters. The van der Waals surface area contributed by atoms with Gasteiger partial charge in [0.25, 0.3) is 0 Å². The van der Waals surface area contributed by atoms with Gasteiger partial charge in [-0.3, -0.25) is 0 Å². The van der Waals surface area contributed by atoms with Crippen molar-refractivity contribution >= 4 is 8.96 Å². The summed E-state index contributed by atoms with van der Waals surface area (Å²) in [6, 6.07) is 10.7. The topological polar surface area (TPSA) is 23.5 Å². The van der Waals surface area contributed by atoms with Crippen molar-refractivity contribution < 1.29 is 5.11 Å². The molecule has 1 rings (SSSR count). The standard InChI is InChI=1S/C15H27NOSi/c1-15(2,3)16(18(4)5)14(12-17)11-13-9-7-6-8-10-13/h6-10,14,17-18H,11-12H2,1-5H3/t14-/m0/s1. The van der Waals surface area contributed by atoms with Crippen molar-refractivity contribution in [3.05, 3.63) is 35.9 Å². The lowest BCUT2D eigenvalue weighted by molar-refractivity contribution is 0.121. The predicted molar refractivity (Wildman–Crippen MR) is 81.5 cm³/mol. The summed E-state index contributed by atoms with van der Waals surface area (Å²) in [6.07, 6.45) is 0.930. The van der Waals surface area contributed by atoms with Gasteiger partial charge >= 0.3 is 0 Å². The van der Waals surface area contributed by atoms with Crippen LogP contribution in [0.4, 0.5) is 0 Å². The molecule has 0 radical (unpaired) electrons. The van der Waals surface area contributed by atoms with Crippen molar-refractivity contribution in [3.8, 4) is 0 Å². The van der Waals surface area contributed by atoms with Gasteiger partial charge in [0.1, 0.15) is 8.96 Å². The Morgan fingerprint density at radius 3 is 2.11 bits per heavy atom. The van der Waals surface area contributed by atoms with Crippen molar-refractivity contribution in [2.24, 2.45) is 0 Å². The minimum absolute atomic E-state index is 0.128. The molecule has 0 unspecified atom stereocenters. The van der Waals surface area contributed by atoms with E-state index in [1.165, 1.54) is 5.56 Å². The Kier molecular flexibility index (Phi) is 5.57. The first-order valence-electron chi connectivity index (χ1n) is 6.79. The Balaban J connectivity index is 2.87. The summed E-state index contributed by atoms with van der Waals surface area (Å²) in [7, 11) is -0.954. The van der Waals surface area contributed by atoms with Crippen LogP contribution in [0.2, 0.25) is 13.1 Å². The fourth-order valence-corrected chi connectivity index (χ4v) is 5.47. The molecule has 102 valence electrons. The van der Waals surface area contributed by atoms with Crippen LogP contribution < -0.4 is 0 Å². The average Bonchev–Trinajstić information content (AvgIpc) is 2.27. The van der Waals surface area contributed by atoms with Gasteiger partial charge in [0.2, 0.25) is 0 Å². The molecule has 0 aromatic heterocycles. The molecule has 0 aliphatic carbocycles. The minimum Gasteiger partial charge on any atom is -0.395 e. The number of aliphatic hydroxyl groups is 1. The second-order valence-electron chi connectivity index (χ2n) is 6.20. The van der Waals surface area contributed by atoms with Gasteiger partial charge in [0, 0.05) is 11.6 Å². The van der Waals surface area contributed by atoms with Gasteiger partial charge < -0.3 is 9.67 Å². The quantitative estimate of drug-likeness (QED) is 0.828. The molecule has 1 aromatic carbocycles. The monoisotopic (exact) mass is 265 g/mol. The molecule has 0 aliphatic heterocycles. The van der Waals surface area contributed by atoms with Gasteiger partial charge in [-0.25, -0.2) is 0 Å². The fraction of sp³-hybridized carbons (Fsp3) is 0.600. The second kappa shape index (κ2) is 6.50. The molecule has 1 N–H and O–H groups in total. The maximum Gasteiger partial charge on any atom is 0.106 e. The highest BCUT2D eigenvalue weighted by Crippen LogP contribution is 2.21. The molecule has 0 saturated carbocycles. The van der Waals surface area contributed by atoms with E-state index in [-0.39, 0.29) is 18.2 Å². The third-order valence-corrected chi connectivity index (χ3v) is 5.56. The van der Waals surface area contributed by atoms with Crippen molar-refractivity contribution in [1.82, 2.24) is 4.57 Å². The SMILES string of the molecule is C[SiH](C)N([C@H](CO)Cc1ccccc1)C(C)(C)C. The third-order valence-electron chi connectivity index (χ3n) is 3.25. The van der Waals surface area contributed by atoms with E-state index in [4.69, 9.17) is 0 Å². The summed E-state index contributed by atoms with van der Waals surface area (Å²) in [4.78, 5) is 0. The van der Waals surface area contributed by atoms with Gasteiger partial charge in [-0.1, -0.05) is 43.4 Å². The molecule has 2 nitrogen and oxygen atoms in total. The van der Waals surface area contributed by atoms with Crippen molar-refractivity contribution in [2.45, 2.75) is 51.9 Å². The molecular formula is C15H27NOSi. The maximum atomic E-state index is 9.75. The summed E-state index contributed by atoms with van der Waals surface area (Å²) in [6.45, 7) is 11.6. The summed E-state index contributed by atoms with van der Waals surface area (Å²) in [5.41, 5.74) is 1.43. The maximum absolute atomic E-state index is 9.75. The Hall–Kier alpha value is -0.643. The molecule has 0 heterocycles. The number of benzene rings is 1. The lowest BCUT2D eigenvalue weighted by atomic mass is 10.0. The molecule has 18 heavy (non-hydrogen) atoms. The molecule has 0 aliphatic rings. The van der Waals surface area contributed by atoms with Gasteiger partial charge in [-0.15, -0.1) is 0 Å². The third kappa shape index (κ3) is 4.23. The van der Waals surface area contributed by atoms with E-state index in [0.717, 1.165) is 6.42 Å². The fourth-order valence-electron chi connectivity index (χ4n) is 2.88. The van der Waals surface area contributed by atoms with Crippen LogP contribution in [-0.2, 0) is 6.42 Å². The van der Waals surface area contributed by atoms with Crippen LogP contribution in [0.1, 0.15) is 26.3 Å². The Labute approximate surface area is 113 Å². The first-order chi connectivity index (χ1) is 8.36. The zero-order valence-corrected chi connectivity index (χ0v) is 13.5. The minimum atomic E-state index is -0.954. The number of hydrogen-bond acceptors (Lipinski definition) is 2. The summed E-state index contributed by atoms with van der Waals surface area (Å²) < 4.78 is 2.54. The van der Waals surface area contributed by atoms with Gasteiger partial charge in [-0.05, 0) is 32.8 Å². The van der Waals surface area contributed by atoms with Crippen LogP contribution in [0, 0.1) is 0 Å². The number of aliphatic hydroxyl groups excluding tert-OH is 1. The van der Waals surface area contributed by atoms with Crippen molar-refractivity contribution in [1.29, 1.82) is 0 Å². The smallest absolute Gasteiger partial charge is 0.106 e. The van der Waals surface area contributed by atoms with Crippen LogP contribution in [0.5, 0.6) is 0 Å². The van der Waals surface area contributed by atoms with Crippen LogP contribution in [-0.4, -0.2) is 36.8 Å². The first-order valence-corrected chi connectivity index (χ1v) is 9.62. The van der Waals surface area contributed by atoms with E-state index >= 15 is 0 Å². The van der Waals surface area contributed by atoms with Crippen LogP contribution in [0.3, 0.4) is 0 Å². The predicted octanol–water partition coefficient (Wildman–Crippen LogP) is 2.67. The van der Waals surface area contributed by atoms with E-state index in [9.17, 15) is 5.11 Å². The van der Waals surface area contributed by atoms with Crippen LogP contribution in [0.25, 0.3) is 0 Å². The molecule has 3 heteroatoms. The number of rotatable bonds is 5. The second-order valence-corrected chi connectivity index (χ2v) is 8.94. The molecule has 0 spiro atoms. The molecule has 0 saturated heterocycles. The molecular weight excluding hydrogens is 238 g/mol. The van der Waals surface area contributed by atoms with Gasteiger partial charge in [0.15, 0.2) is 0 Å². The van der Waals surface area contributed by atoms with E-state index in [2.05, 4.69) is 62.7 Å². The van der Waals surface area contributed by atoms with E-state index in [0.29, 0.717) is 0 Å². The highest BCUT2D eigenvalue weighted by molar-refractivity contribution is 6.52.